The van der Waals surface area contributed by atoms with Crippen LogP contribution in [-0.2, 0) is 19.9 Å². The zero-order valence-corrected chi connectivity index (χ0v) is 23.7. The number of nitrogens with one attached hydrogen (secondary N) is 1. The highest BCUT2D eigenvalue weighted by Crippen LogP contribution is 2.61. The van der Waals surface area contributed by atoms with E-state index in [4.69, 9.17) is 46.4 Å². The molecule has 13 heteroatoms. The maximum absolute atomic E-state index is 15.0. The first-order chi connectivity index (χ1) is 18.2. The quantitative estimate of drug-likeness (QED) is 0.417. The van der Waals surface area contributed by atoms with E-state index in [1.807, 2.05) is 13.8 Å². The largest absolute Gasteiger partial charge is 0.481 e. The molecule has 3 aliphatic rings. The second-order valence-electron chi connectivity index (χ2n) is 10.6. The number of benzene rings is 2. The smallest absolute Gasteiger partial charge is 0.310 e. The van der Waals surface area contributed by atoms with Crippen LogP contribution in [0.5, 0.6) is 0 Å². The molecule has 0 radical (unpaired) electrons. The Kier molecular flexibility index (Phi) is 7.08. The Bertz CT molecular complexity index is 1390. The normalized spacial score (nSPS) is 27.1. The molecule has 208 valence electrons. The summed E-state index contributed by atoms with van der Waals surface area (Å²) < 4.78 is 30.1. The summed E-state index contributed by atoms with van der Waals surface area (Å²) in [6, 6.07) is 5.89. The van der Waals surface area contributed by atoms with Crippen molar-refractivity contribution >= 4 is 75.6 Å². The first-order valence-corrected chi connectivity index (χ1v) is 13.6. The molecular weight excluding hydrogens is 598 g/mol. The lowest BCUT2D eigenvalue weighted by Crippen LogP contribution is -2.54. The molecule has 1 unspecified atom stereocenters. The number of carbonyl (C=O) groups excluding carboxylic acids is 2. The van der Waals surface area contributed by atoms with E-state index in [0.717, 1.165) is 4.90 Å². The Morgan fingerprint density at radius 2 is 1.72 bits per heavy atom. The topological polar surface area (TPSA) is 90.0 Å². The van der Waals surface area contributed by atoms with Gasteiger partial charge in [0.15, 0.2) is 0 Å². The van der Waals surface area contributed by atoms with Crippen LogP contribution in [0.4, 0.5) is 20.2 Å². The van der Waals surface area contributed by atoms with Crippen LogP contribution in [0.25, 0.3) is 0 Å². The first-order valence-electron chi connectivity index (χ1n) is 12.1. The van der Waals surface area contributed by atoms with E-state index in [-0.39, 0.29) is 49.5 Å². The predicted octanol–water partition coefficient (Wildman–Crippen LogP) is 6.18. The molecule has 7 nitrogen and oxygen atoms in total. The number of nitrogens with zero attached hydrogens (tertiary/aromatic N) is 2. The number of carboxylic acid groups (broad SMARTS) is 1. The Hall–Kier alpha value is -2.17. The number of amides is 2. The molecule has 0 aromatic heterocycles. The summed E-state index contributed by atoms with van der Waals surface area (Å²) >= 11 is 25.0. The molecule has 2 fully saturated rings. The van der Waals surface area contributed by atoms with E-state index in [0.29, 0.717) is 0 Å². The number of anilines is 2. The SMILES string of the molecule is CC(C)CN(C(=O)C1[C@H]2CC(F)(F)CN2[C@]2(C(=O)Nc3c(Cl)cc(Cl)cc32)[C@H]1C(=O)O)c1cc(Cl)cc(Cl)c1. The van der Waals surface area contributed by atoms with Crippen molar-refractivity contribution in [2.45, 2.75) is 37.8 Å². The Morgan fingerprint density at radius 3 is 2.31 bits per heavy atom. The molecule has 2 saturated heterocycles. The molecule has 39 heavy (non-hydrogen) atoms. The summed E-state index contributed by atoms with van der Waals surface area (Å²) in [5, 5.41) is 13.7. The maximum Gasteiger partial charge on any atom is 0.310 e. The molecule has 2 N–H and O–H groups in total. The number of carbonyl (C=O) groups is 3. The van der Waals surface area contributed by atoms with Gasteiger partial charge in [-0.05, 0) is 36.2 Å². The maximum atomic E-state index is 15.0. The van der Waals surface area contributed by atoms with Crippen molar-refractivity contribution in [2.75, 3.05) is 23.3 Å². The highest BCUT2D eigenvalue weighted by atomic mass is 35.5. The van der Waals surface area contributed by atoms with Crippen LogP contribution in [-0.4, -0.2) is 52.8 Å². The van der Waals surface area contributed by atoms with Crippen molar-refractivity contribution in [3.05, 3.63) is 56.0 Å². The van der Waals surface area contributed by atoms with E-state index in [2.05, 4.69) is 5.32 Å². The molecule has 4 atom stereocenters. The van der Waals surface area contributed by atoms with E-state index in [9.17, 15) is 19.5 Å². The van der Waals surface area contributed by atoms with Crippen LogP contribution in [0.3, 0.4) is 0 Å². The standard InChI is InChI=1S/C26H23Cl4F2N3O4/c1-11(2)9-34(15-4-12(27)3-13(28)5-15)22(36)19-18-8-25(31,32)10-35(18)26(20(19)23(37)38)16-6-14(29)7-17(30)21(16)33-24(26)39/h3-7,11,18-20H,8-10H2,1-2H3,(H,33,39)(H,37,38)/t18-,19?,20-,26+/m1/s1. The highest BCUT2D eigenvalue weighted by Gasteiger charge is 2.74. The predicted molar refractivity (Wildman–Crippen MR) is 145 cm³/mol. The molecule has 3 heterocycles. The average molecular weight is 621 g/mol. The van der Waals surface area contributed by atoms with Crippen LogP contribution < -0.4 is 10.2 Å². The van der Waals surface area contributed by atoms with Gasteiger partial charge in [-0.3, -0.25) is 19.3 Å². The highest BCUT2D eigenvalue weighted by molar-refractivity contribution is 6.38. The number of aliphatic carboxylic acids is 1. The van der Waals surface area contributed by atoms with Crippen molar-refractivity contribution < 1.29 is 28.3 Å². The van der Waals surface area contributed by atoms with Crippen molar-refractivity contribution in [2.24, 2.45) is 17.8 Å². The van der Waals surface area contributed by atoms with Gasteiger partial charge in [0, 0.05) is 45.3 Å². The van der Waals surface area contributed by atoms with E-state index in [1.165, 1.54) is 35.2 Å². The van der Waals surface area contributed by atoms with Crippen LogP contribution in [0.2, 0.25) is 20.1 Å². The number of halogens is 6. The van der Waals surface area contributed by atoms with E-state index >= 15 is 8.78 Å². The number of hydrogen-bond acceptors (Lipinski definition) is 4. The second kappa shape index (κ2) is 9.73. The van der Waals surface area contributed by atoms with Gasteiger partial charge in [-0.1, -0.05) is 60.3 Å². The lowest BCUT2D eigenvalue weighted by Gasteiger charge is -2.36. The second-order valence-corrected chi connectivity index (χ2v) is 12.3. The van der Waals surface area contributed by atoms with Crippen molar-refractivity contribution in [1.29, 1.82) is 0 Å². The summed E-state index contributed by atoms with van der Waals surface area (Å²) in [6.07, 6.45) is -0.808. The molecule has 1 spiro atoms. The lowest BCUT2D eigenvalue weighted by molar-refractivity contribution is -0.153. The Labute approximate surface area is 242 Å². The fraction of sp³-hybridized carbons (Fsp3) is 0.423. The molecule has 2 aromatic carbocycles. The van der Waals surface area contributed by atoms with Gasteiger partial charge in [-0.15, -0.1) is 0 Å². The number of hydrogen-bond donors (Lipinski definition) is 2. The molecular formula is C26H23Cl4F2N3O4. The fourth-order valence-electron chi connectivity index (χ4n) is 6.34. The van der Waals surface area contributed by atoms with Gasteiger partial charge in [0.05, 0.1) is 23.2 Å². The van der Waals surface area contributed by atoms with Gasteiger partial charge in [0.25, 0.3) is 11.8 Å². The third-order valence-corrected chi connectivity index (χ3v) is 8.51. The zero-order chi connectivity index (χ0) is 28.6. The molecule has 2 aromatic rings. The minimum Gasteiger partial charge on any atom is -0.481 e. The van der Waals surface area contributed by atoms with Crippen LogP contribution >= 0.6 is 46.4 Å². The summed E-state index contributed by atoms with van der Waals surface area (Å²) in [4.78, 5) is 43.6. The first kappa shape index (κ1) is 28.4. The van der Waals surface area contributed by atoms with Crippen molar-refractivity contribution in [3.63, 3.8) is 0 Å². The molecule has 3 aliphatic heterocycles. The van der Waals surface area contributed by atoms with Gasteiger partial charge in [-0.25, -0.2) is 8.78 Å². The van der Waals surface area contributed by atoms with Gasteiger partial charge >= 0.3 is 5.97 Å². The van der Waals surface area contributed by atoms with Crippen LogP contribution in [0, 0.1) is 17.8 Å². The number of rotatable bonds is 5. The third-order valence-electron chi connectivity index (χ3n) is 7.56. The van der Waals surface area contributed by atoms with Gasteiger partial charge in [0.2, 0.25) is 5.91 Å². The van der Waals surface area contributed by atoms with E-state index < -0.39 is 60.1 Å². The Morgan fingerprint density at radius 1 is 1.10 bits per heavy atom. The van der Waals surface area contributed by atoms with Gasteiger partial charge in [-0.2, -0.15) is 0 Å². The minimum absolute atomic E-state index is 0.0270. The molecule has 0 saturated carbocycles. The summed E-state index contributed by atoms with van der Waals surface area (Å²) in [5.41, 5.74) is -1.72. The average Bonchev–Trinajstić information content (AvgIpc) is 3.37. The number of carboxylic acids is 1. The van der Waals surface area contributed by atoms with Crippen LogP contribution in [0.1, 0.15) is 25.8 Å². The van der Waals surface area contributed by atoms with Crippen molar-refractivity contribution in [3.8, 4) is 0 Å². The fourth-order valence-corrected chi connectivity index (χ4v) is 7.40. The number of alkyl halides is 2. The van der Waals surface area contributed by atoms with Gasteiger partial charge < -0.3 is 15.3 Å². The number of fused-ring (bicyclic) bond motifs is 4. The van der Waals surface area contributed by atoms with Crippen molar-refractivity contribution in [1.82, 2.24) is 4.90 Å². The monoisotopic (exact) mass is 619 g/mol. The Balaban J connectivity index is 1.73. The third kappa shape index (κ3) is 4.47. The molecule has 2 amide bonds. The molecule has 0 aliphatic carbocycles. The van der Waals surface area contributed by atoms with E-state index in [1.54, 1.807) is 0 Å². The minimum atomic E-state index is -3.28. The van der Waals surface area contributed by atoms with Gasteiger partial charge in [0.1, 0.15) is 11.5 Å². The molecule has 5 rings (SSSR count). The zero-order valence-electron chi connectivity index (χ0n) is 20.7. The lowest BCUT2D eigenvalue weighted by atomic mass is 9.73. The summed E-state index contributed by atoms with van der Waals surface area (Å²) in [6.45, 7) is 2.89. The molecule has 0 bridgehead atoms. The summed E-state index contributed by atoms with van der Waals surface area (Å²) in [5.74, 6) is -9.71. The van der Waals surface area contributed by atoms with Crippen LogP contribution in [0.15, 0.2) is 30.3 Å². The summed E-state index contributed by atoms with van der Waals surface area (Å²) in [7, 11) is 0.